The van der Waals surface area contributed by atoms with Gasteiger partial charge in [-0.15, -0.1) is 0 Å². The van der Waals surface area contributed by atoms with E-state index in [1.165, 1.54) is 6.07 Å². The molecule has 4 aromatic rings. The number of carbonyl (C=O) groups excluding carboxylic acids is 1. The number of nitrogens with one attached hydrogen (secondary N) is 1. The van der Waals surface area contributed by atoms with Crippen LogP contribution in [0.25, 0.3) is 21.7 Å². The van der Waals surface area contributed by atoms with Crippen molar-refractivity contribution in [1.82, 2.24) is 9.88 Å². The highest BCUT2D eigenvalue weighted by Crippen LogP contribution is 2.28. The van der Waals surface area contributed by atoms with Crippen molar-refractivity contribution in [2.75, 3.05) is 6.54 Å². The first kappa shape index (κ1) is 22.9. The number of amides is 1. The monoisotopic (exact) mass is 488 g/mol. The Morgan fingerprint density at radius 2 is 1.97 bits per heavy atom. The Balaban J connectivity index is 1.37. The summed E-state index contributed by atoms with van der Waals surface area (Å²) in [6, 6.07) is 18.2. The number of likely N-dealkylation sites (tertiary alicyclic amines) is 1. The van der Waals surface area contributed by atoms with Crippen LogP contribution in [0.15, 0.2) is 71.8 Å². The molecule has 35 heavy (non-hydrogen) atoms. The molecule has 0 bridgehead atoms. The van der Waals surface area contributed by atoms with Crippen LogP contribution >= 0.6 is 0 Å². The van der Waals surface area contributed by atoms with Gasteiger partial charge in [0.15, 0.2) is 0 Å². The van der Waals surface area contributed by atoms with Crippen LogP contribution in [0.4, 0.5) is 0 Å². The van der Waals surface area contributed by atoms with Gasteiger partial charge in [-0.2, -0.15) is 13.7 Å². The smallest absolute Gasteiger partial charge is 0.339 e. The fourth-order valence-corrected chi connectivity index (χ4v) is 5.54. The Bertz CT molecular complexity index is 1570. The highest BCUT2D eigenvalue weighted by molar-refractivity contribution is 7.87. The van der Waals surface area contributed by atoms with Crippen LogP contribution in [0, 0.1) is 11.3 Å². The maximum Gasteiger partial charge on any atom is 0.339 e. The van der Waals surface area contributed by atoms with Gasteiger partial charge in [0.25, 0.3) is 0 Å². The standard InChI is InChI=1S/C26H24N4O4S/c27-15-20-6-3-11-30(20)26(31)24(28)13-19-16-29-25-10-8-21(14-23(19)25)34-35(32,33)22-9-7-17-4-1-2-5-18(17)12-22/h1-2,4-5,7-10,12,14,16,20,24,29H,3,6,11,13,28H2/t20-,24-/m0/s1. The normalized spacial score (nSPS) is 16.9. The van der Waals surface area contributed by atoms with E-state index in [1.54, 1.807) is 41.4 Å². The zero-order valence-corrected chi connectivity index (χ0v) is 19.7. The fraction of sp³-hybridized carbons (Fsp3) is 0.231. The number of H-pyrrole nitrogens is 1. The molecule has 3 N–H and O–H groups in total. The highest BCUT2D eigenvalue weighted by Gasteiger charge is 2.32. The van der Waals surface area contributed by atoms with Crippen LogP contribution in [-0.2, 0) is 21.3 Å². The number of aromatic nitrogens is 1. The van der Waals surface area contributed by atoms with Gasteiger partial charge in [-0.05, 0) is 65.9 Å². The van der Waals surface area contributed by atoms with Gasteiger partial charge in [0.1, 0.15) is 16.7 Å². The minimum absolute atomic E-state index is 0.0656. The Morgan fingerprint density at radius 1 is 1.17 bits per heavy atom. The summed E-state index contributed by atoms with van der Waals surface area (Å²) in [5.41, 5.74) is 7.75. The molecule has 9 heteroatoms. The Morgan fingerprint density at radius 3 is 2.77 bits per heavy atom. The molecule has 0 spiro atoms. The molecule has 5 rings (SSSR count). The van der Waals surface area contributed by atoms with Gasteiger partial charge in [-0.1, -0.05) is 30.3 Å². The van der Waals surface area contributed by atoms with Gasteiger partial charge in [0, 0.05) is 23.6 Å². The molecule has 3 aromatic carbocycles. The van der Waals surface area contributed by atoms with Gasteiger partial charge < -0.3 is 19.8 Å². The van der Waals surface area contributed by atoms with Gasteiger partial charge in [0.2, 0.25) is 5.91 Å². The topological polar surface area (TPSA) is 129 Å². The van der Waals surface area contributed by atoms with Crippen LogP contribution in [0.1, 0.15) is 18.4 Å². The van der Waals surface area contributed by atoms with E-state index in [2.05, 4.69) is 11.1 Å². The van der Waals surface area contributed by atoms with Crippen molar-refractivity contribution >= 4 is 37.7 Å². The van der Waals surface area contributed by atoms with Crippen molar-refractivity contribution in [1.29, 1.82) is 5.26 Å². The van der Waals surface area contributed by atoms with Gasteiger partial charge in [-0.3, -0.25) is 4.79 Å². The summed E-state index contributed by atoms with van der Waals surface area (Å²) >= 11 is 0. The molecule has 2 heterocycles. The molecule has 1 saturated heterocycles. The number of aromatic amines is 1. The largest absolute Gasteiger partial charge is 0.379 e. The average molecular weight is 489 g/mol. The number of fused-ring (bicyclic) bond motifs is 2. The van der Waals surface area contributed by atoms with E-state index in [-0.39, 0.29) is 23.0 Å². The lowest BCUT2D eigenvalue weighted by molar-refractivity contribution is -0.132. The van der Waals surface area contributed by atoms with Crippen molar-refractivity contribution in [3.63, 3.8) is 0 Å². The number of rotatable bonds is 6. The van der Waals surface area contributed by atoms with Crippen LogP contribution < -0.4 is 9.92 Å². The quantitative estimate of drug-likeness (QED) is 0.400. The number of benzene rings is 3. The van der Waals surface area contributed by atoms with E-state index in [0.29, 0.717) is 13.0 Å². The summed E-state index contributed by atoms with van der Waals surface area (Å²) in [5.74, 6) is -0.0924. The third kappa shape index (κ3) is 4.46. The van der Waals surface area contributed by atoms with Crippen molar-refractivity contribution in [3.8, 4) is 11.8 Å². The summed E-state index contributed by atoms with van der Waals surface area (Å²) in [6.07, 6.45) is 3.45. The SMILES string of the molecule is N#C[C@@H]1CCCN1C(=O)[C@@H](N)Cc1c[nH]c2ccc(OS(=O)(=O)c3ccc4ccccc4c3)cc12. The number of nitrogens with zero attached hydrogens (tertiary/aromatic N) is 2. The summed E-state index contributed by atoms with van der Waals surface area (Å²) in [4.78, 5) is 17.6. The molecule has 0 unspecified atom stereocenters. The third-order valence-electron chi connectivity index (χ3n) is 6.40. The van der Waals surface area contributed by atoms with Gasteiger partial charge in [-0.25, -0.2) is 0 Å². The molecule has 1 fully saturated rings. The summed E-state index contributed by atoms with van der Waals surface area (Å²) in [7, 11) is -4.05. The fourth-order valence-electron chi connectivity index (χ4n) is 4.58. The summed E-state index contributed by atoms with van der Waals surface area (Å²) in [5, 5.41) is 11.7. The minimum atomic E-state index is -4.05. The zero-order valence-electron chi connectivity index (χ0n) is 18.8. The number of hydrogen-bond donors (Lipinski definition) is 2. The molecular formula is C26H24N4O4S. The number of carbonyl (C=O) groups is 1. The maximum atomic E-state index is 13.0. The Labute approximate surface area is 203 Å². The van der Waals surface area contributed by atoms with E-state index in [4.69, 9.17) is 9.92 Å². The van der Waals surface area contributed by atoms with E-state index < -0.39 is 22.2 Å². The number of hydrogen-bond acceptors (Lipinski definition) is 6. The second-order valence-corrected chi connectivity index (χ2v) is 10.2. The molecule has 1 aliphatic rings. The number of nitrogens with two attached hydrogens (primary N) is 1. The molecule has 1 aromatic heterocycles. The van der Waals surface area contributed by atoms with Gasteiger partial charge >= 0.3 is 10.1 Å². The molecule has 1 amide bonds. The van der Waals surface area contributed by atoms with E-state index in [0.717, 1.165) is 33.7 Å². The average Bonchev–Trinajstić information content (AvgIpc) is 3.50. The lowest BCUT2D eigenvalue weighted by Crippen LogP contribution is -2.46. The predicted octanol–water partition coefficient (Wildman–Crippen LogP) is 3.47. The predicted molar refractivity (Wildman–Crippen MR) is 132 cm³/mol. The third-order valence-corrected chi connectivity index (χ3v) is 7.64. The zero-order chi connectivity index (χ0) is 24.6. The Hall–Kier alpha value is -3.87. The van der Waals surface area contributed by atoms with Crippen LogP contribution in [0.5, 0.6) is 5.75 Å². The maximum absolute atomic E-state index is 13.0. The summed E-state index contributed by atoms with van der Waals surface area (Å²) < 4.78 is 31.4. The molecule has 0 radical (unpaired) electrons. The van der Waals surface area contributed by atoms with Crippen molar-refractivity contribution < 1.29 is 17.4 Å². The van der Waals surface area contributed by atoms with Crippen molar-refractivity contribution in [2.45, 2.75) is 36.2 Å². The second kappa shape index (κ2) is 9.06. The van der Waals surface area contributed by atoms with Crippen LogP contribution in [-0.4, -0.2) is 42.8 Å². The second-order valence-electron chi connectivity index (χ2n) is 8.70. The lowest BCUT2D eigenvalue weighted by atomic mass is 10.0. The van der Waals surface area contributed by atoms with Crippen molar-refractivity contribution in [3.05, 3.63) is 72.4 Å². The van der Waals surface area contributed by atoms with Crippen molar-refractivity contribution in [2.24, 2.45) is 5.73 Å². The molecule has 0 saturated carbocycles. The first-order valence-corrected chi connectivity index (χ1v) is 12.8. The Kier molecular flexibility index (Phi) is 5.93. The molecule has 178 valence electrons. The van der Waals surface area contributed by atoms with Gasteiger partial charge in [0.05, 0.1) is 12.1 Å². The van der Waals surface area contributed by atoms with E-state index in [9.17, 15) is 18.5 Å². The molecule has 8 nitrogen and oxygen atoms in total. The molecular weight excluding hydrogens is 464 g/mol. The number of nitriles is 1. The molecule has 1 aliphatic heterocycles. The van der Waals surface area contributed by atoms with Crippen LogP contribution in [0.2, 0.25) is 0 Å². The summed E-state index contributed by atoms with van der Waals surface area (Å²) in [6.45, 7) is 0.531. The highest BCUT2D eigenvalue weighted by atomic mass is 32.2. The van der Waals surface area contributed by atoms with E-state index in [1.807, 2.05) is 24.3 Å². The minimum Gasteiger partial charge on any atom is -0.379 e. The molecule has 0 aliphatic carbocycles. The first-order chi connectivity index (χ1) is 16.9. The first-order valence-electron chi connectivity index (χ1n) is 11.3. The molecule has 2 atom stereocenters. The van der Waals surface area contributed by atoms with E-state index >= 15 is 0 Å². The van der Waals surface area contributed by atoms with Crippen LogP contribution in [0.3, 0.4) is 0 Å². The lowest BCUT2D eigenvalue weighted by Gasteiger charge is -2.23.